The topological polar surface area (TPSA) is 61.0 Å². The third-order valence-electron chi connectivity index (χ3n) is 3.68. The maximum Gasteiger partial charge on any atom is 0.260 e. The first-order valence-electron chi connectivity index (χ1n) is 7.68. The quantitative estimate of drug-likeness (QED) is 0.757. The minimum atomic E-state index is -0.233. The van der Waals surface area contributed by atoms with Crippen LogP contribution in [0.5, 0.6) is 0 Å². The van der Waals surface area contributed by atoms with Crippen LogP contribution in [0.25, 0.3) is 10.9 Å². The van der Waals surface area contributed by atoms with Gasteiger partial charge in [-0.2, -0.15) is 0 Å². The minimum Gasteiger partial charge on any atom is -0.352 e. The van der Waals surface area contributed by atoms with Crippen molar-refractivity contribution < 1.29 is 4.39 Å². The van der Waals surface area contributed by atoms with Gasteiger partial charge in [-0.15, -0.1) is 0 Å². The summed E-state index contributed by atoms with van der Waals surface area (Å²) in [5, 5.41) is 3.58. The standard InChI is InChI=1S/C18H19FN4O/c1-23(2)11-13-8-7-12(9-15(13)19)10-20-18-21-16-6-4-3-5-14(16)17(24)22-18/h3-9H,10-11H2,1-2H3,(H2,20,21,22,24). The van der Waals surface area contributed by atoms with Gasteiger partial charge >= 0.3 is 0 Å². The second-order valence-corrected chi connectivity index (χ2v) is 5.95. The Balaban J connectivity index is 1.76. The predicted octanol–water partition coefficient (Wildman–Crippen LogP) is 2.74. The average molecular weight is 326 g/mol. The van der Waals surface area contributed by atoms with Gasteiger partial charge in [0, 0.05) is 18.7 Å². The molecule has 2 N–H and O–H groups in total. The third-order valence-corrected chi connectivity index (χ3v) is 3.68. The largest absolute Gasteiger partial charge is 0.352 e. The molecular weight excluding hydrogens is 307 g/mol. The summed E-state index contributed by atoms with van der Waals surface area (Å²) in [4.78, 5) is 21.0. The van der Waals surface area contributed by atoms with Crippen LogP contribution in [0.2, 0.25) is 0 Å². The Hall–Kier alpha value is -2.73. The lowest BCUT2D eigenvalue weighted by Crippen LogP contribution is -2.14. The van der Waals surface area contributed by atoms with Crippen molar-refractivity contribution in [2.24, 2.45) is 0 Å². The number of hydrogen-bond acceptors (Lipinski definition) is 4. The predicted molar refractivity (Wildman–Crippen MR) is 93.5 cm³/mol. The van der Waals surface area contributed by atoms with Crippen LogP contribution in [-0.2, 0) is 13.1 Å². The second kappa shape index (κ2) is 6.80. The summed E-state index contributed by atoms with van der Waals surface area (Å²) in [6.45, 7) is 0.930. The van der Waals surface area contributed by atoms with E-state index in [9.17, 15) is 9.18 Å². The highest BCUT2D eigenvalue weighted by Crippen LogP contribution is 2.14. The van der Waals surface area contributed by atoms with Gasteiger partial charge in [0.15, 0.2) is 0 Å². The Labute approximate surface area is 139 Å². The van der Waals surface area contributed by atoms with Crippen molar-refractivity contribution in [1.82, 2.24) is 14.9 Å². The molecule has 0 saturated carbocycles. The number of anilines is 1. The van der Waals surface area contributed by atoms with Crippen LogP contribution in [0.15, 0.2) is 47.3 Å². The third kappa shape index (κ3) is 3.60. The normalized spacial score (nSPS) is 11.2. The summed E-state index contributed by atoms with van der Waals surface area (Å²) in [5.74, 6) is 0.138. The molecule has 0 aliphatic rings. The van der Waals surface area contributed by atoms with Crippen molar-refractivity contribution in [3.63, 3.8) is 0 Å². The fourth-order valence-corrected chi connectivity index (χ4v) is 2.53. The summed E-state index contributed by atoms with van der Waals surface area (Å²) in [5.41, 5.74) is 1.86. The molecule has 2 aromatic carbocycles. The molecule has 0 spiro atoms. The molecule has 0 fully saturated rings. The Morgan fingerprint density at radius 3 is 2.75 bits per heavy atom. The zero-order valence-electron chi connectivity index (χ0n) is 13.6. The van der Waals surface area contributed by atoms with E-state index in [1.807, 2.05) is 31.1 Å². The number of aromatic amines is 1. The minimum absolute atomic E-state index is 0.199. The molecule has 0 bridgehead atoms. The van der Waals surface area contributed by atoms with Gasteiger partial charge in [0.2, 0.25) is 5.95 Å². The summed E-state index contributed by atoms with van der Waals surface area (Å²) in [6.07, 6.45) is 0. The number of para-hydroxylation sites is 1. The molecule has 0 radical (unpaired) electrons. The van der Waals surface area contributed by atoms with E-state index in [2.05, 4.69) is 15.3 Å². The van der Waals surface area contributed by atoms with E-state index in [0.29, 0.717) is 35.5 Å². The number of nitrogens with zero attached hydrogens (tertiary/aromatic N) is 2. The van der Waals surface area contributed by atoms with E-state index in [1.54, 1.807) is 24.3 Å². The highest BCUT2D eigenvalue weighted by atomic mass is 19.1. The molecule has 0 unspecified atom stereocenters. The summed E-state index contributed by atoms with van der Waals surface area (Å²) >= 11 is 0. The first-order chi connectivity index (χ1) is 11.5. The van der Waals surface area contributed by atoms with Gasteiger partial charge in [0.05, 0.1) is 10.9 Å². The molecule has 5 nitrogen and oxygen atoms in total. The van der Waals surface area contributed by atoms with Gasteiger partial charge in [-0.3, -0.25) is 9.78 Å². The van der Waals surface area contributed by atoms with E-state index < -0.39 is 0 Å². The zero-order chi connectivity index (χ0) is 17.1. The van der Waals surface area contributed by atoms with Crippen molar-refractivity contribution in [2.75, 3.05) is 19.4 Å². The molecule has 124 valence electrons. The van der Waals surface area contributed by atoms with Crippen molar-refractivity contribution in [2.45, 2.75) is 13.1 Å². The molecule has 3 aromatic rings. The Kier molecular flexibility index (Phi) is 4.57. The smallest absolute Gasteiger partial charge is 0.260 e. The fourth-order valence-electron chi connectivity index (χ4n) is 2.53. The maximum absolute atomic E-state index is 14.1. The highest BCUT2D eigenvalue weighted by molar-refractivity contribution is 5.78. The van der Waals surface area contributed by atoms with Gasteiger partial charge in [-0.05, 0) is 37.9 Å². The Morgan fingerprint density at radius 1 is 1.21 bits per heavy atom. The molecule has 0 saturated heterocycles. The molecule has 1 aromatic heterocycles. The summed E-state index contributed by atoms with van der Waals surface area (Å²) < 4.78 is 14.1. The van der Waals surface area contributed by atoms with Crippen molar-refractivity contribution in [1.29, 1.82) is 0 Å². The van der Waals surface area contributed by atoms with Crippen LogP contribution in [0, 0.1) is 5.82 Å². The van der Waals surface area contributed by atoms with Crippen LogP contribution < -0.4 is 10.9 Å². The van der Waals surface area contributed by atoms with Crippen LogP contribution in [0.3, 0.4) is 0 Å². The number of fused-ring (bicyclic) bond motifs is 1. The van der Waals surface area contributed by atoms with Gasteiger partial charge < -0.3 is 10.2 Å². The van der Waals surface area contributed by atoms with E-state index in [4.69, 9.17) is 0 Å². The monoisotopic (exact) mass is 326 g/mol. The molecule has 6 heteroatoms. The summed E-state index contributed by atoms with van der Waals surface area (Å²) in [6, 6.07) is 12.3. The first-order valence-corrected chi connectivity index (χ1v) is 7.68. The molecule has 1 heterocycles. The lowest BCUT2D eigenvalue weighted by Gasteiger charge is -2.12. The molecule has 0 amide bonds. The maximum atomic E-state index is 14.1. The van der Waals surface area contributed by atoms with Gasteiger partial charge in [-0.1, -0.05) is 24.3 Å². The molecule has 3 rings (SSSR count). The highest BCUT2D eigenvalue weighted by Gasteiger charge is 2.06. The first kappa shape index (κ1) is 16.1. The van der Waals surface area contributed by atoms with Crippen LogP contribution in [0.4, 0.5) is 10.3 Å². The van der Waals surface area contributed by atoms with Crippen LogP contribution >= 0.6 is 0 Å². The van der Waals surface area contributed by atoms with Crippen molar-refractivity contribution >= 4 is 16.9 Å². The number of H-pyrrole nitrogens is 1. The number of nitrogens with one attached hydrogen (secondary N) is 2. The Bertz CT molecular complexity index is 920. The molecule has 0 atom stereocenters. The van der Waals surface area contributed by atoms with Crippen LogP contribution in [-0.4, -0.2) is 29.0 Å². The number of rotatable bonds is 5. The molecular formula is C18H19FN4O. The zero-order valence-corrected chi connectivity index (χ0v) is 13.6. The van der Waals surface area contributed by atoms with Crippen molar-refractivity contribution in [3.05, 3.63) is 69.8 Å². The van der Waals surface area contributed by atoms with Crippen LogP contribution in [0.1, 0.15) is 11.1 Å². The molecule has 24 heavy (non-hydrogen) atoms. The van der Waals surface area contributed by atoms with E-state index in [1.165, 1.54) is 6.07 Å². The average Bonchev–Trinajstić information content (AvgIpc) is 2.55. The van der Waals surface area contributed by atoms with Gasteiger partial charge in [-0.25, -0.2) is 9.37 Å². The fraction of sp³-hybridized carbons (Fsp3) is 0.222. The van der Waals surface area contributed by atoms with Gasteiger partial charge in [0.25, 0.3) is 5.56 Å². The molecule has 0 aliphatic carbocycles. The Morgan fingerprint density at radius 2 is 2.00 bits per heavy atom. The van der Waals surface area contributed by atoms with E-state index in [0.717, 1.165) is 5.56 Å². The summed E-state index contributed by atoms with van der Waals surface area (Å²) in [7, 11) is 3.80. The lowest BCUT2D eigenvalue weighted by molar-refractivity contribution is 0.392. The lowest BCUT2D eigenvalue weighted by atomic mass is 10.1. The number of aromatic nitrogens is 2. The van der Waals surface area contributed by atoms with E-state index >= 15 is 0 Å². The van der Waals surface area contributed by atoms with Gasteiger partial charge in [0.1, 0.15) is 5.82 Å². The number of halogens is 1. The van der Waals surface area contributed by atoms with Crippen molar-refractivity contribution in [3.8, 4) is 0 Å². The molecule has 0 aliphatic heterocycles. The number of benzene rings is 2. The second-order valence-electron chi connectivity index (χ2n) is 5.95. The number of hydrogen-bond donors (Lipinski definition) is 2. The SMILES string of the molecule is CN(C)Cc1ccc(CNc2nc3ccccc3c(=O)[nH]2)cc1F. The van der Waals surface area contributed by atoms with E-state index in [-0.39, 0.29) is 11.4 Å².